The van der Waals surface area contributed by atoms with E-state index in [0.717, 1.165) is 28.0 Å². The first-order valence-electron chi connectivity index (χ1n) is 6.62. The van der Waals surface area contributed by atoms with Gasteiger partial charge in [-0.1, -0.05) is 36.4 Å². The van der Waals surface area contributed by atoms with Crippen molar-refractivity contribution in [1.82, 2.24) is 4.98 Å². The molecule has 0 saturated carbocycles. The molecule has 20 heavy (non-hydrogen) atoms. The fourth-order valence-electron chi connectivity index (χ4n) is 2.23. The van der Waals surface area contributed by atoms with Crippen molar-refractivity contribution >= 4 is 10.9 Å². The first-order chi connectivity index (χ1) is 9.75. The monoisotopic (exact) mass is 264 g/mol. The van der Waals surface area contributed by atoms with E-state index < -0.39 is 0 Å². The van der Waals surface area contributed by atoms with E-state index in [1.54, 1.807) is 6.20 Å². The van der Waals surface area contributed by atoms with Crippen LogP contribution in [-0.2, 0) is 0 Å². The summed E-state index contributed by atoms with van der Waals surface area (Å²) in [6.07, 6.45) is 1.77. The van der Waals surface area contributed by atoms with Gasteiger partial charge in [0.25, 0.3) is 0 Å². The van der Waals surface area contributed by atoms with Gasteiger partial charge < -0.3 is 10.5 Å². The summed E-state index contributed by atoms with van der Waals surface area (Å²) in [5.41, 5.74) is 7.83. The first-order valence-corrected chi connectivity index (χ1v) is 6.62. The highest BCUT2D eigenvalue weighted by atomic mass is 16.5. The average molecular weight is 264 g/mol. The van der Waals surface area contributed by atoms with Crippen LogP contribution in [0.25, 0.3) is 10.9 Å². The second-order valence-electron chi connectivity index (χ2n) is 4.76. The summed E-state index contributed by atoms with van der Waals surface area (Å²) in [5.74, 6) is 1.52. The molecule has 0 aliphatic carbocycles. The number of nitrogens with zero attached hydrogens (tertiary/aromatic N) is 1. The Labute approximate surface area is 118 Å². The van der Waals surface area contributed by atoms with Crippen molar-refractivity contribution in [2.75, 3.05) is 0 Å². The Balaban J connectivity index is 2.06. The molecule has 0 aliphatic heterocycles. The molecule has 3 nitrogen and oxygen atoms in total. The predicted molar refractivity (Wildman–Crippen MR) is 80.9 cm³/mol. The van der Waals surface area contributed by atoms with Crippen molar-refractivity contribution in [3.8, 4) is 11.5 Å². The van der Waals surface area contributed by atoms with Gasteiger partial charge in [0, 0.05) is 23.2 Å². The third kappa shape index (κ3) is 2.36. The SMILES string of the molecule is C[C@H](N)c1ccccc1Oc1cccc2cccnc12. The smallest absolute Gasteiger partial charge is 0.153 e. The summed E-state index contributed by atoms with van der Waals surface area (Å²) in [6.45, 7) is 1.95. The maximum absolute atomic E-state index is 6.04. The minimum atomic E-state index is -0.0749. The van der Waals surface area contributed by atoms with E-state index in [1.165, 1.54) is 0 Å². The summed E-state index contributed by atoms with van der Waals surface area (Å²) in [7, 11) is 0. The molecule has 2 aromatic carbocycles. The third-order valence-electron chi connectivity index (χ3n) is 3.23. The van der Waals surface area contributed by atoms with E-state index >= 15 is 0 Å². The van der Waals surface area contributed by atoms with Crippen LogP contribution in [0, 0.1) is 0 Å². The lowest BCUT2D eigenvalue weighted by Crippen LogP contribution is -2.06. The van der Waals surface area contributed by atoms with Gasteiger partial charge in [0.2, 0.25) is 0 Å². The highest BCUT2D eigenvalue weighted by Crippen LogP contribution is 2.32. The second-order valence-corrected chi connectivity index (χ2v) is 4.76. The number of ether oxygens (including phenoxy) is 1. The summed E-state index contributed by atoms with van der Waals surface area (Å²) in [4.78, 5) is 4.40. The molecule has 0 radical (unpaired) electrons. The number of hydrogen-bond donors (Lipinski definition) is 1. The van der Waals surface area contributed by atoms with Gasteiger partial charge in [-0.2, -0.15) is 0 Å². The molecular formula is C17H16N2O. The Kier molecular flexibility index (Phi) is 3.35. The van der Waals surface area contributed by atoms with Crippen LogP contribution in [0.15, 0.2) is 60.8 Å². The fraction of sp³-hybridized carbons (Fsp3) is 0.118. The lowest BCUT2D eigenvalue weighted by Gasteiger charge is -2.14. The molecule has 0 amide bonds. The van der Waals surface area contributed by atoms with Crippen molar-refractivity contribution in [1.29, 1.82) is 0 Å². The molecule has 0 aliphatic rings. The zero-order chi connectivity index (χ0) is 13.9. The van der Waals surface area contributed by atoms with Crippen molar-refractivity contribution in [3.05, 3.63) is 66.4 Å². The molecule has 0 fully saturated rings. The van der Waals surface area contributed by atoms with E-state index in [4.69, 9.17) is 10.5 Å². The van der Waals surface area contributed by atoms with Gasteiger partial charge in [0.15, 0.2) is 5.75 Å². The topological polar surface area (TPSA) is 48.1 Å². The van der Waals surface area contributed by atoms with E-state index in [9.17, 15) is 0 Å². The average Bonchev–Trinajstić information content (AvgIpc) is 2.48. The van der Waals surface area contributed by atoms with Crippen LogP contribution in [0.2, 0.25) is 0 Å². The van der Waals surface area contributed by atoms with Gasteiger partial charge in [-0.05, 0) is 25.1 Å². The van der Waals surface area contributed by atoms with Gasteiger partial charge in [-0.15, -0.1) is 0 Å². The van der Waals surface area contributed by atoms with Crippen LogP contribution in [0.4, 0.5) is 0 Å². The Bertz CT molecular complexity index is 732. The second kappa shape index (κ2) is 5.31. The molecule has 1 atom stereocenters. The van der Waals surface area contributed by atoms with Gasteiger partial charge in [0.05, 0.1) is 0 Å². The van der Waals surface area contributed by atoms with Crippen molar-refractivity contribution < 1.29 is 4.74 Å². The van der Waals surface area contributed by atoms with Gasteiger partial charge >= 0.3 is 0 Å². The first kappa shape index (κ1) is 12.6. The highest BCUT2D eigenvalue weighted by molar-refractivity contribution is 5.84. The molecular weight excluding hydrogens is 248 g/mol. The van der Waals surface area contributed by atoms with Crippen molar-refractivity contribution in [2.24, 2.45) is 5.73 Å². The van der Waals surface area contributed by atoms with E-state index in [-0.39, 0.29) is 6.04 Å². The summed E-state index contributed by atoms with van der Waals surface area (Å²) in [6, 6.07) is 17.6. The van der Waals surface area contributed by atoms with Gasteiger partial charge in [0.1, 0.15) is 11.3 Å². The van der Waals surface area contributed by atoms with Crippen molar-refractivity contribution in [2.45, 2.75) is 13.0 Å². The van der Waals surface area contributed by atoms with E-state index in [2.05, 4.69) is 4.98 Å². The molecule has 2 N–H and O–H groups in total. The molecule has 0 bridgehead atoms. The van der Waals surface area contributed by atoms with Crippen LogP contribution in [-0.4, -0.2) is 4.98 Å². The number of nitrogens with two attached hydrogens (primary N) is 1. The number of rotatable bonds is 3. The minimum Gasteiger partial charge on any atom is -0.455 e. The lowest BCUT2D eigenvalue weighted by molar-refractivity contribution is 0.476. The number of aromatic nitrogens is 1. The van der Waals surface area contributed by atoms with Crippen LogP contribution in [0.5, 0.6) is 11.5 Å². The Hall–Kier alpha value is -2.39. The van der Waals surface area contributed by atoms with Crippen LogP contribution in [0.1, 0.15) is 18.5 Å². The van der Waals surface area contributed by atoms with Gasteiger partial charge in [-0.3, -0.25) is 4.98 Å². The highest BCUT2D eigenvalue weighted by Gasteiger charge is 2.10. The van der Waals surface area contributed by atoms with Crippen LogP contribution in [0.3, 0.4) is 0 Å². The summed E-state index contributed by atoms with van der Waals surface area (Å²) < 4.78 is 6.04. The van der Waals surface area contributed by atoms with E-state index in [1.807, 2.05) is 61.5 Å². The predicted octanol–water partition coefficient (Wildman–Crippen LogP) is 4.05. The largest absolute Gasteiger partial charge is 0.455 e. The number of para-hydroxylation sites is 2. The number of benzene rings is 2. The number of hydrogen-bond acceptors (Lipinski definition) is 3. The maximum Gasteiger partial charge on any atom is 0.153 e. The molecule has 1 aromatic heterocycles. The Morgan fingerprint density at radius 3 is 2.55 bits per heavy atom. The zero-order valence-electron chi connectivity index (χ0n) is 11.3. The number of fused-ring (bicyclic) bond motifs is 1. The van der Waals surface area contributed by atoms with Crippen LogP contribution >= 0.6 is 0 Å². The van der Waals surface area contributed by atoms with Crippen molar-refractivity contribution in [3.63, 3.8) is 0 Å². The molecule has 0 saturated heterocycles. The quantitative estimate of drug-likeness (QED) is 0.776. The normalized spacial score (nSPS) is 12.3. The van der Waals surface area contributed by atoms with Gasteiger partial charge in [-0.25, -0.2) is 0 Å². The molecule has 3 aromatic rings. The van der Waals surface area contributed by atoms with Crippen LogP contribution < -0.4 is 10.5 Å². The molecule has 1 heterocycles. The Morgan fingerprint density at radius 1 is 0.950 bits per heavy atom. The molecule has 3 rings (SSSR count). The summed E-state index contributed by atoms with van der Waals surface area (Å²) in [5, 5.41) is 1.06. The molecule has 3 heteroatoms. The molecule has 0 spiro atoms. The molecule has 0 unspecified atom stereocenters. The molecule has 100 valence electrons. The maximum atomic E-state index is 6.04. The summed E-state index contributed by atoms with van der Waals surface area (Å²) >= 11 is 0. The standard InChI is InChI=1S/C17H16N2O/c1-12(18)14-8-2-3-9-15(14)20-16-10-4-6-13-7-5-11-19-17(13)16/h2-12H,18H2,1H3/t12-/m0/s1. The minimum absolute atomic E-state index is 0.0749. The Morgan fingerprint density at radius 2 is 1.70 bits per heavy atom. The third-order valence-corrected chi connectivity index (χ3v) is 3.23. The fourth-order valence-corrected chi connectivity index (χ4v) is 2.23. The van der Waals surface area contributed by atoms with E-state index in [0.29, 0.717) is 0 Å². The zero-order valence-corrected chi connectivity index (χ0v) is 11.3. The number of pyridine rings is 1. The lowest BCUT2D eigenvalue weighted by atomic mass is 10.1.